The summed E-state index contributed by atoms with van der Waals surface area (Å²) in [7, 11) is 0. The Labute approximate surface area is 88.7 Å². The molecule has 0 saturated carbocycles. The molecule has 0 amide bonds. The summed E-state index contributed by atoms with van der Waals surface area (Å²) in [4.78, 5) is 0. The standard InChI is InChI=1S/C10H17NS2/c1-9(6-11)7-12-4-2-10-3-5-13-8-10/h3,5,8-9H,2,4,6-7,11H2,1H3. The Balaban J connectivity index is 2.02. The molecule has 0 aliphatic carbocycles. The van der Waals surface area contributed by atoms with E-state index in [2.05, 4.69) is 23.8 Å². The zero-order valence-corrected chi connectivity index (χ0v) is 9.66. The number of hydrogen-bond acceptors (Lipinski definition) is 3. The predicted molar refractivity (Wildman–Crippen MR) is 63.6 cm³/mol. The van der Waals surface area contributed by atoms with Crippen molar-refractivity contribution < 1.29 is 0 Å². The molecule has 1 nitrogen and oxygen atoms in total. The largest absolute Gasteiger partial charge is 0.330 e. The second-order valence-electron chi connectivity index (χ2n) is 3.30. The average Bonchev–Trinajstić information content (AvgIpc) is 2.64. The van der Waals surface area contributed by atoms with Crippen LogP contribution in [0.4, 0.5) is 0 Å². The summed E-state index contributed by atoms with van der Waals surface area (Å²) >= 11 is 3.79. The minimum atomic E-state index is 0.660. The van der Waals surface area contributed by atoms with Crippen LogP contribution in [-0.4, -0.2) is 18.1 Å². The van der Waals surface area contributed by atoms with Gasteiger partial charge in [-0.15, -0.1) is 0 Å². The molecule has 0 saturated heterocycles. The normalized spacial score (nSPS) is 13.1. The zero-order valence-electron chi connectivity index (χ0n) is 8.03. The molecular weight excluding hydrogens is 198 g/mol. The molecule has 1 rings (SSSR count). The van der Waals surface area contributed by atoms with Crippen molar-refractivity contribution in [2.24, 2.45) is 11.7 Å². The van der Waals surface area contributed by atoms with E-state index >= 15 is 0 Å². The predicted octanol–water partition coefficient (Wildman–Crippen LogP) is 2.62. The maximum absolute atomic E-state index is 5.54. The SMILES string of the molecule is CC(CN)CSCCc1ccsc1. The molecule has 1 unspecified atom stereocenters. The van der Waals surface area contributed by atoms with Crippen LogP contribution in [0.15, 0.2) is 16.8 Å². The van der Waals surface area contributed by atoms with Crippen molar-refractivity contribution in [3.63, 3.8) is 0 Å². The molecule has 0 radical (unpaired) electrons. The molecule has 0 aliphatic heterocycles. The lowest BCUT2D eigenvalue weighted by atomic mass is 10.2. The molecule has 0 bridgehead atoms. The Hall–Kier alpha value is 0.01000. The van der Waals surface area contributed by atoms with Crippen molar-refractivity contribution in [3.8, 4) is 0 Å². The monoisotopic (exact) mass is 215 g/mol. The van der Waals surface area contributed by atoms with Gasteiger partial charge >= 0.3 is 0 Å². The Kier molecular flexibility index (Phi) is 5.51. The molecule has 0 aromatic carbocycles. The van der Waals surface area contributed by atoms with Gasteiger partial charge in [-0.25, -0.2) is 0 Å². The van der Waals surface area contributed by atoms with Gasteiger partial charge in [0.15, 0.2) is 0 Å². The summed E-state index contributed by atoms with van der Waals surface area (Å²) in [5.41, 5.74) is 7.01. The van der Waals surface area contributed by atoms with Crippen molar-refractivity contribution >= 4 is 23.1 Å². The molecule has 3 heteroatoms. The van der Waals surface area contributed by atoms with Gasteiger partial charge in [0.05, 0.1) is 0 Å². The highest BCUT2D eigenvalue weighted by molar-refractivity contribution is 7.99. The fourth-order valence-electron chi connectivity index (χ4n) is 0.977. The van der Waals surface area contributed by atoms with Crippen molar-refractivity contribution in [2.45, 2.75) is 13.3 Å². The summed E-state index contributed by atoms with van der Waals surface area (Å²) < 4.78 is 0. The van der Waals surface area contributed by atoms with Gasteiger partial charge in [-0.05, 0) is 52.8 Å². The molecule has 74 valence electrons. The molecule has 0 spiro atoms. The van der Waals surface area contributed by atoms with Gasteiger partial charge in [0, 0.05) is 0 Å². The molecule has 2 N–H and O–H groups in total. The minimum absolute atomic E-state index is 0.660. The van der Waals surface area contributed by atoms with Gasteiger partial charge in [0.1, 0.15) is 0 Å². The number of thiophene rings is 1. The number of aryl methyl sites for hydroxylation is 1. The van der Waals surface area contributed by atoms with Gasteiger partial charge in [-0.2, -0.15) is 23.1 Å². The summed E-state index contributed by atoms with van der Waals surface area (Å²) in [6.45, 7) is 3.02. The third-order valence-corrected chi connectivity index (χ3v) is 3.95. The van der Waals surface area contributed by atoms with Crippen LogP contribution in [0.2, 0.25) is 0 Å². The van der Waals surface area contributed by atoms with Crippen molar-refractivity contribution in [1.82, 2.24) is 0 Å². The first-order chi connectivity index (χ1) is 6.33. The fourth-order valence-corrected chi connectivity index (χ4v) is 2.77. The van der Waals surface area contributed by atoms with Crippen LogP contribution in [0, 0.1) is 5.92 Å². The third kappa shape index (κ3) is 4.69. The van der Waals surface area contributed by atoms with Gasteiger partial charge in [-0.3, -0.25) is 0 Å². The van der Waals surface area contributed by atoms with Crippen molar-refractivity contribution in [1.29, 1.82) is 0 Å². The van der Waals surface area contributed by atoms with E-state index in [-0.39, 0.29) is 0 Å². The van der Waals surface area contributed by atoms with E-state index in [1.807, 2.05) is 11.8 Å². The van der Waals surface area contributed by atoms with Gasteiger partial charge < -0.3 is 5.73 Å². The first-order valence-electron chi connectivity index (χ1n) is 4.62. The summed E-state index contributed by atoms with van der Waals surface area (Å²) in [5.74, 6) is 3.08. The average molecular weight is 215 g/mol. The van der Waals surface area contributed by atoms with Crippen LogP contribution in [0.5, 0.6) is 0 Å². The summed E-state index contributed by atoms with van der Waals surface area (Å²) in [6.07, 6.45) is 1.20. The topological polar surface area (TPSA) is 26.0 Å². The van der Waals surface area contributed by atoms with E-state index < -0.39 is 0 Å². The molecule has 1 aromatic heterocycles. The van der Waals surface area contributed by atoms with Crippen molar-refractivity contribution in [2.75, 3.05) is 18.1 Å². The molecular formula is C10H17NS2. The van der Waals surface area contributed by atoms with Crippen LogP contribution >= 0.6 is 23.1 Å². The quantitative estimate of drug-likeness (QED) is 0.738. The van der Waals surface area contributed by atoms with Crippen LogP contribution in [0.3, 0.4) is 0 Å². The Bertz CT molecular complexity index is 209. The second-order valence-corrected chi connectivity index (χ2v) is 5.23. The molecule has 1 atom stereocenters. The smallest absolute Gasteiger partial charge is 0.00266 e. The van der Waals surface area contributed by atoms with Gasteiger partial charge in [0.25, 0.3) is 0 Å². The van der Waals surface area contributed by atoms with Crippen LogP contribution < -0.4 is 5.73 Å². The summed E-state index contributed by atoms with van der Waals surface area (Å²) in [6, 6.07) is 2.21. The third-order valence-electron chi connectivity index (χ3n) is 1.92. The second kappa shape index (κ2) is 6.46. The van der Waals surface area contributed by atoms with Crippen LogP contribution in [0.1, 0.15) is 12.5 Å². The van der Waals surface area contributed by atoms with Crippen molar-refractivity contribution in [3.05, 3.63) is 22.4 Å². The highest BCUT2D eigenvalue weighted by Gasteiger charge is 1.99. The summed E-state index contributed by atoms with van der Waals surface area (Å²) in [5, 5.41) is 4.37. The lowest BCUT2D eigenvalue weighted by molar-refractivity contribution is 0.675. The Morgan fingerprint density at radius 3 is 3.08 bits per heavy atom. The number of nitrogens with two attached hydrogens (primary N) is 1. The minimum Gasteiger partial charge on any atom is -0.330 e. The Morgan fingerprint density at radius 2 is 2.46 bits per heavy atom. The lowest BCUT2D eigenvalue weighted by Crippen LogP contribution is -2.13. The van der Waals surface area contributed by atoms with Crippen LogP contribution in [0.25, 0.3) is 0 Å². The van der Waals surface area contributed by atoms with E-state index in [0.717, 1.165) is 6.54 Å². The highest BCUT2D eigenvalue weighted by Crippen LogP contribution is 2.12. The molecule has 13 heavy (non-hydrogen) atoms. The van der Waals surface area contributed by atoms with Gasteiger partial charge in [0.2, 0.25) is 0 Å². The maximum atomic E-state index is 5.54. The number of hydrogen-bond donors (Lipinski definition) is 1. The first-order valence-corrected chi connectivity index (χ1v) is 6.71. The highest BCUT2D eigenvalue weighted by atomic mass is 32.2. The van der Waals surface area contributed by atoms with E-state index in [9.17, 15) is 0 Å². The molecule has 0 aliphatic rings. The fraction of sp³-hybridized carbons (Fsp3) is 0.600. The maximum Gasteiger partial charge on any atom is -0.00266 e. The van der Waals surface area contributed by atoms with E-state index in [4.69, 9.17) is 5.73 Å². The molecule has 1 aromatic rings. The molecule has 1 heterocycles. The van der Waals surface area contributed by atoms with E-state index in [1.165, 1.54) is 23.5 Å². The zero-order chi connectivity index (χ0) is 9.52. The Morgan fingerprint density at radius 1 is 1.62 bits per heavy atom. The van der Waals surface area contributed by atoms with Crippen LogP contribution in [-0.2, 0) is 6.42 Å². The molecule has 0 fully saturated rings. The lowest BCUT2D eigenvalue weighted by Gasteiger charge is -2.06. The number of thioether (sulfide) groups is 1. The number of rotatable bonds is 6. The van der Waals surface area contributed by atoms with E-state index in [0.29, 0.717) is 5.92 Å². The first kappa shape index (κ1) is 11.1. The van der Waals surface area contributed by atoms with Gasteiger partial charge in [-0.1, -0.05) is 6.92 Å². The van der Waals surface area contributed by atoms with E-state index in [1.54, 1.807) is 11.3 Å².